The van der Waals surface area contributed by atoms with E-state index in [1.165, 1.54) is 30.3 Å². The first-order valence-electron chi connectivity index (χ1n) is 5.50. The van der Waals surface area contributed by atoms with Crippen molar-refractivity contribution in [1.29, 1.82) is 0 Å². The molecule has 0 aliphatic rings. The molecule has 0 amide bonds. The standard InChI is InChI=1S/C14H11FO4/c15-10-3-1-2-9(6-10)8-19-11-4-5-12(14(17)18)13(16)7-11/h1-7,16H,8H2,(H,17,18). The van der Waals surface area contributed by atoms with Crippen molar-refractivity contribution in [2.75, 3.05) is 0 Å². The van der Waals surface area contributed by atoms with Gasteiger partial charge in [-0.15, -0.1) is 0 Å². The van der Waals surface area contributed by atoms with E-state index in [0.717, 1.165) is 0 Å². The fourth-order valence-electron chi connectivity index (χ4n) is 1.58. The molecule has 0 atom stereocenters. The summed E-state index contributed by atoms with van der Waals surface area (Å²) in [6.45, 7) is 0.129. The summed E-state index contributed by atoms with van der Waals surface area (Å²) in [5, 5.41) is 18.2. The van der Waals surface area contributed by atoms with E-state index >= 15 is 0 Å². The molecule has 19 heavy (non-hydrogen) atoms. The number of carboxylic acid groups (broad SMARTS) is 1. The molecule has 4 nitrogen and oxygen atoms in total. The average molecular weight is 262 g/mol. The van der Waals surface area contributed by atoms with Crippen LogP contribution in [0, 0.1) is 5.82 Å². The summed E-state index contributed by atoms with van der Waals surface area (Å²) in [6, 6.07) is 9.83. The first-order valence-corrected chi connectivity index (χ1v) is 5.50. The Bertz CT molecular complexity index is 610. The number of rotatable bonds is 4. The summed E-state index contributed by atoms with van der Waals surface area (Å²) >= 11 is 0. The van der Waals surface area contributed by atoms with Crippen LogP contribution in [0.25, 0.3) is 0 Å². The molecule has 2 aromatic carbocycles. The van der Waals surface area contributed by atoms with Crippen molar-refractivity contribution >= 4 is 5.97 Å². The van der Waals surface area contributed by atoms with Crippen LogP contribution in [0.15, 0.2) is 42.5 Å². The van der Waals surface area contributed by atoms with Crippen molar-refractivity contribution in [1.82, 2.24) is 0 Å². The van der Waals surface area contributed by atoms with Gasteiger partial charge in [0.2, 0.25) is 0 Å². The summed E-state index contributed by atoms with van der Waals surface area (Å²) in [6.07, 6.45) is 0. The Hall–Kier alpha value is -2.56. The minimum absolute atomic E-state index is 0.129. The van der Waals surface area contributed by atoms with Crippen LogP contribution in [0.2, 0.25) is 0 Å². The topological polar surface area (TPSA) is 66.8 Å². The number of ether oxygens (including phenoxy) is 1. The van der Waals surface area contributed by atoms with Gasteiger partial charge in [-0.05, 0) is 29.8 Å². The molecular formula is C14H11FO4. The second-order valence-electron chi connectivity index (χ2n) is 3.90. The fourth-order valence-corrected chi connectivity index (χ4v) is 1.58. The maximum atomic E-state index is 12.9. The zero-order valence-corrected chi connectivity index (χ0v) is 9.84. The second kappa shape index (κ2) is 5.39. The third-order valence-electron chi connectivity index (χ3n) is 2.49. The van der Waals surface area contributed by atoms with Crippen LogP contribution >= 0.6 is 0 Å². The molecule has 0 aliphatic carbocycles. The minimum atomic E-state index is -1.21. The molecule has 2 aromatic rings. The molecule has 2 N–H and O–H groups in total. The largest absolute Gasteiger partial charge is 0.507 e. The Labute approximate surface area is 108 Å². The van der Waals surface area contributed by atoms with Gasteiger partial charge in [-0.1, -0.05) is 12.1 Å². The molecule has 2 rings (SSSR count). The van der Waals surface area contributed by atoms with Crippen LogP contribution in [0.3, 0.4) is 0 Å². The molecule has 0 aromatic heterocycles. The van der Waals surface area contributed by atoms with Gasteiger partial charge in [0.15, 0.2) is 0 Å². The summed E-state index contributed by atoms with van der Waals surface area (Å²) in [5.74, 6) is -1.63. The summed E-state index contributed by atoms with van der Waals surface area (Å²) in [5.41, 5.74) is 0.444. The number of halogens is 1. The van der Waals surface area contributed by atoms with Crippen molar-refractivity contribution in [3.63, 3.8) is 0 Å². The number of aromatic hydroxyl groups is 1. The maximum absolute atomic E-state index is 12.9. The second-order valence-corrected chi connectivity index (χ2v) is 3.90. The normalized spacial score (nSPS) is 10.2. The Morgan fingerprint density at radius 2 is 2.00 bits per heavy atom. The van der Waals surface area contributed by atoms with Gasteiger partial charge in [-0.25, -0.2) is 9.18 Å². The summed E-state index contributed by atoms with van der Waals surface area (Å²) in [7, 11) is 0. The first kappa shape index (κ1) is 12.9. The van der Waals surface area contributed by atoms with E-state index in [2.05, 4.69) is 0 Å². The smallest absolute Gasteiger partial charge is 0.339 e. The lowest BCUT2D eigenvalue weighted by Gasteiger charge is -2.08. The van der Waals surface area contributed by atoms with E-state index in [-0.39, 0.29) is 23.7 Å². The zero-order valence-electron chi connectivity index (χ0n) is 9.84. The van der Waals surface area contributed by atoms with Gasteiger partial charge in [0.05, 0.1) is 0 Å². The molecular weight excluding hydrogens is 251 g/mol. The molecule has 0 bridgehead atoms. The van der Waals surface area contributed by atoms with Crippen molar-refractivity contribution < 1.29 is 24.1 Å². The summed E-state index contributed by atoms with van der Waals surface area (Å²) < 4.78 is 18.3. The molecule has 5 heteroatoms. The van der Waals surface area contributed by atoms with Crippen LogP contribution < -0.4 is 4.74 Å². The number of hydrogen-bond acceptors (Lipinski definition) is 3. The lowest BCUT2D eigenvalue weighted by atomic mass is 10.2. The van der Waals surface area contributed by atoms with Gasteiger partial charge in [0.25, 0.3) is 0 Å². The summed E-state index contributed by atoms with van der Waals surface area (Å²) in [4.78, 5) is 10.7. The van der Waals surface area contributed by atoms with Crippen LogP contribution in [0.4, 0.5) is 4.39 Å². The number of benzene rings is 2. The van der Waals surface area contributed by atoms with Crippen LogP contribution in [-0.2, 0) is 6.61 Å². The van der Waals surface area contributed by atoms with Crippen LogP contribution in [0.5, 0.6) is 11.5 Å². The Kier molecular flexibility index (Phi) is 3.66. The lowest BCUT2D eigenvalue weighted by molar-refractivity contribution is 0.0693. The average Bonchev–Trinajstić information content (AvgIpc) is 2.36. The van der Waals surface area contributed by atoms with E-state index in [1.807, 2.05) is 0 Å². The number of carboxylic acids is 1. The number of phenols is 1. The highest BCUT2D eigenvalue weighted by molar-refractivity contribution is 5.90. The molecule has 0 heterocycles. The van der Waals surface area contributed by atoms with Gasteiger partial charge < -0.3 is 14.9 Å². The van der Waals surface area contributed by atoms with Crippen molar-refractivity contribution in [3.8, 4) is 11.5 Å². The van der Waals surface area contributed by atoms with Crippen molar-refractivity contribution in [2.45, 2.75) is 6.61 Å². The fraction of sp³-hybridized carbons (Fsp3) is 0.0714. The molecule has 0 fully saturated rings. The minimum Gasteiger partial charge on any atom is -0.507 e. The zero-order chi connectivity index (χ0) is 13.8. The van der Waals surface area contributed by atoms with E-state index in [9.17, 15) is 14.3 Å². The third kappa shape index (κ3) is 3.22. The predicted octanol–water partition coefficient (Wildman–Crippen LogP) is 2.81. The van der Waals surface area contributed by atoms with Gasteiger partial charge >= 0.3 is 5.97 Å². The lowest BCUT2D eigenvalue weighted by Crippen LogP contribution is -1.99. The van der Waals surface area contributed by atoms with Crippen LogP contribution in [0.1, 0.15) is 15.9 Å². The van der Waals surface area contributed by atoms with Crippen molar-refractivity contribution in [3.05, 3.63) is 59.4 Å². The van der Waals surface area contributed by atoms with Gasteiger partial charge in [-0.2, -0.15) is 0 Å². The van der Waals surface area contributed by atoms with E-state index in [1.54, 1.807) is 12.1 Å². The van der Waals surface area contributed by atoms with E-state index in [0.29, 0.717) is 11.3 Å². The van der Waals surface area contributed by atoms with E-state index < -0.39 is 5.97 Å². The van der Waals surface area contributed by atoms with Crippen LogP contribution in [-0.4, -0.2) is 16.2 Å². The molecule has 98 valence electrons. The monoisotopic (exact) mass is 262 g/mol. The highest BCUT2D eigenvalue weighted by Crippen LogP contribution is 2.24. The van der Waals surface area contributed by atoms with Gasteiger partial charge in [0, 0.05) is 6.07 Å². The Morgan fingerprint density at radius 1 is 1.21 bits per heavy atom. The van der Waals surface area contributed by atoms with E-state index in [4.69, 9.17) is 9.84 Å². The molecule has 0 unspecified atom stereocenters. The van der Waals surface area contributed by atoms with Gasteiger partial charge in [-0.3, -0.25) is 0 Å². The molecule has 0 spiro atoms. The quantitative estimate of drug-likeness (QED) is 0.889. The SMILES string of the molecule is O=C(O)c1ccc(OCc2cccc(F)c2)cc1O. The van der Waals surface area contributed by atoms with Gasteiger partial charge in [0.1, 0.15) is 29.5 Å². The number of aromatic carboxylic acids is 1. The van der Waals surface area contributed by atoms with Crippen molar-refractivity contribution in [2.24, 2.45) is 0 Å². The Balaban J connectivity index is 2.08. The first-order chi connectivity index (χ1) is 9.06. The maximum Gasteiger partial charge on any atom is 0.339 e. The molecule has 0 saturated carbocycles. The molecule has 0 saturated heterocycles. The highest BCUT2D eigenvalue weighted by Gasteiger charge is 2.10. The number of hydrogen-bond donors (Lipinski definition) is 2. The highest BCUT2D eigenvalue weighted by atomic mass is 19.1. The molecule has 0 aliphatic heterocycles. The predicted molar refractivity (Wildman–Crippen MR) is 65.8 cm³/mol. The number of carbonyl (C=O) groups is 1. The Morgan fingerprint density at radius 3 is 2.63 bits per heavy atom. The molecule has 0 radical (unpaired) electrons. The third-order valence-corrected chi connectivity index (χ3v) is 2.49.